The second-order valence-electron chi connectivity index (χ2n) is 3.87. The first-order valence-corrected chi connectivity index (χ1v) is 6.15. The van der Waals surface area contributed by atoms with E-state index in [1.807, 2.05) is 24.3 Å². The monoisotopic (exact) mass is 262 g/mol. The summed E-state index contributed by atoms with van der Waals surface area (Å²) >= 11 is 5.81. The highest BCUT2D eigenvalue weighted by Gasteiger charge is 1.97. The number of hydrogen-bond donors (Lipinski definition) is 1. The van der Waals surface area contributed by atoms with Crippen LogP contribution >= 0.6 is 11.6 Å². The van der Waals surface area contributed by atoms with Gasteiger partial charge in [-0.2, -0.15) is 0 Å². The van der Waals surface area contributed by atoms with Gasteiger partial charge in [0.1, 0.15) is 16.7 Å². The summed E-state index contributed by atoms with van der Waals surface area (Å²) in [5.74, 6) is 1.68. The number of nitrogens with zero attached hydrogens (tertiary/aromatic N) is 1. The smallest absolute Gasteiger partial charge is 0.131 e. The average molecular weight is 263 g/mol. The van der Waals surface area contributed by atoms with Crippen molar-refractivity contribution in [1.29, 1.82) is 0 Å². The number of benzene rings is 1. The van der Waals surface area contributed by atoms with Gasteiger partial charge in [0.25, 0.3) is 0 Å². The van der Waals surface area contributed by atoms with E-state index in [4.69, 9.17) is 16.3 Å². The van der Waals surface area contributed by atoms with Crippen LogP contribution in [0.1, 0.15) is 5.56 Å². The van der Waals surface area contributed by atoms with Crippen molar-refractivity contribution in [2.24, 2.45) is 0 Å². The average Bonchev–Trinajstić information content (AvgIpc) is 2.40. The quantitative estimate of drug-likeness (QED) is 0.839. The molecule has 0 amide bonds. The van der Waals surface area contributed by atoms with E-state index >= 15 is 0 Å². The fourth-order valence-electron chi connectivity index (χ4n) is 1.63. The third-order valence-corrected chi connectivity index (χ3v) is 2.80. The number of pyridine rings is 1. The lowest BCUT2D eigenvalue weighted by Crippen LogP contribution is -2.06. The fraction of sp³-hybridized carbons (Fsp3) is 0.214. The summed E-state index contributed by atoms with van der Waals surface area (Å²) < 4.78 is 5.12. The molecule has 0 bridgehead atoms. The maximum Gasteiger partial charge on any atom is 0.131 e. The number of halogens is 1. The van der Waals surface area contributed by atoms with Crippen molar-refractivity contribution in [3.8, 4) is 5.75 Å². The Bertz CT molecular complexity index is 499. The maximum atomic E-state index is 5.81. The van der Waals surface area contributed by atoms with Gasteiger partial charge in [0.2, 0.25) is 0 Å². The van der Waals surface area contributed by atoms with Crippen LogP contribution in [-0.2, 0) is 6.42 Å². The summed E-state index contributed by atoms with van der Waals surface area (Å²) in [6.45, 7) is 0.819. The highest BCUT2D eigenvalue weighted by molar-refractivity contribution is 6.29. The SMILES string of the molecule is COc1ccc(CCNc2cccc(Cl)n2)cc1. The number of nitrogens with one attached hydrogen (secondary N) is 1. The molecule has 1 aromatic heterocycles. The van der Waals surface area contributed by atoms with Crippen molar-refractivity contribution in [2.75, 3.05) is 19.0 Å². The Hall–Kier alpha value is -1.74. The van der Waals surface area contributed by atoms with Gasteiger partial charge in [0, 0.05) is 6.54 Å². The number of ether oxygens (including phenoxy) is 1. The Morgan fingerprint density at radius 1 is 1.17 bits per heavy atom. The Morgan fingerprint density at radius 3 is 2.61 bits per heavy atom. The minimum Gasteiger partial charge on any atom is -0.497 e. The summed E-state index contributed by atoms with van der Waals surface area (Å²) in [6.07, 6.45) is 0.929. The molecule has 0 saturated carbocycles. The van der Waals surface area contributed by atoms with Crippen molar-refractivity contribution in [3.05, 3.63) is 53.2 Å². The molecule has 0 radical (unpaired) electrons. The van der Waals surface area contributed by atoms with Gasteiger partial charge in [-0.25, -0.2) is 4.98 Å². The van der Waals surface area contributed by atoms with Crippen molar-refractivity contribution < 1.29 is 4.74 Å². The van der Waals surface area contributed by atoms with Gasteiger partial charge in [-0.05, 0) is 36.2 Å². The van der Waals surface area contributed by atoms with E-state index in [1.54, 1.807) is 13.2 Å². The number of hydrogen-bond acceptors (Lipinski definition) is 3. The zero-order valence-corrected chi connectivity index (χ0v) is 10.9. The summed E-state index contributed by atoms with van der Waals surface area (Å²) in [5.41, 5.74) is 1.25. The normalized spacial score (nSPS) is 10.1. The first-order valence-electron chi connectivity index (χ1n) is 5.77. The molecule has 18 heavy (non-hydrogen) atoms. The number of anilines is 1. The predicted molar refractivity (Wildman–Crippen MR) is 74.4 cm³/mol. The van der Waals surface area contributed by atoms with E-state index in [1.165, 1.54) is 5.56 Å². The molecular formula is C14H15ClN2O. The van der Waals surface area contributed by atoms with Crippen LogP contribution in [0, 0.1) is 0 Å². The number of methoxy groups -OCH3 is 1. The first-order chi connectivity index (χ1) is 8.78. The van der Waals surface area contributed by atoms with Crippen LogP contribution in [0.15, 0.2) is 42.5 Å². The van der Waals surface area contributed by atoms with E-state index in [0.717, 1.165) is 24.5 Å². The molecule has 2 rings (SSSR count). The topological polar surface area (TPSA) is 34.1 Å². The first kappa shape index (κ1) is 12.7. The van der Waals surface area contributed by atoms with E-state index < -0.39 is 0 Å². The summed E-state index contributed by atoms with van der Waals surface area (Å²) in [4.78, 5) is 4.17. The zero-order valence-electron chi connectivity index (χ0n) is 10.2. The molecule has 0 aliphatic rings. The molecule has 1 heterocycles. The van der Waals surface area contributed by atoms with Crippen LogP contribution in [0.3, 0.4) is 0 Å². The van der Waals surface area contributed by atoms with Gasteiger partial charge in [0.15, 0.2) is 0 Å². The highest BCUT2D eigenvalue weighted by atomic mass is 35.5. The molecule has 0 aliphatic heterocycles. The van der Waals surface area contributed by atoms with Gasteiger partial charge in [-0.1, -0.05) is 29.8 Å². The van der Waals surface area contributed by atoms with Crippen LogP contribution in [0.4, 0.5) is 5.82 Å². The number of rotatable bonds is 5. The predicted octanol–water partition coefficient (Wildman–Crippen LogP) is 3.40. The molecule has 3 nitrogen and oxygen atoms in total. The molecule has 0 aliphatic carbocycles. The molecular weight excluding hydrogens is 248 g/mol. The van der Waals surface area contributed by atoms with Crippen molar-refractivity contribution in [1.82, 2.24) is 4.98 Å². The molecule has 0 saturated heterocycles. The Kier molecular flexibility index (Phi) is 4.42. The molecule has 2 aromatic rings. The van der Waals surface area contributed by atoms with Crippen LogP contribution in [0.25, 0.3) is 0 Å². The molecule has 4 heteroatoms. The number of aromatic nitrogens is 1. The minimum atomic E-state index is 0.504. The van der Waals surface area contributed by atoms with Gasteiger partial charge >= 0.3 is 0 Å². The molecule has 1 N–H and O–H groups in total. The molecule has 0 unspecified atom stereocenters. The van der Waals surface area contributed by atoms with Crippen molar-refractivity contribution in [3.63, 3.8) is 0 Å². The second kappa shape index (κ2) is 6.26. The Balaban J connectivity index is 1.84. The Morgan fingerprint density at radius 2 is 1.94 bits per heavy atom. The highest BCUT2D eigenvalue weighted by Crippen LogP contribution is 2.12. The molecule has 94 valence electrons. The van der Waals surface area contributed by atoms with E-state index in [2.05, 4.69) is 22.4 Å². The van der Waals surface area contributed by atoms with E-state index in [-0.39, 0.29) is 0 Å². The van der Waals surface area contributed by atoms with Crippen LogP contribution in [-0.4, -0.2) is 18.6 Å². The lowest BCUT2D eigenvalue weighted by Gasteiger charge is -2.06. The second-order valence-corrected chi connectivity index (χ2v) is 4.26. The molecule has 0 atom stereocenters. The maximum absolute atomic E-state index is 5.81. The van der Waals surface area contributed by atoms with Gasteiger partial charge in [-0.3, -0.25) is 0 Å². The fourth-order valence-corrected chi connectivity index (χ4v) is 1.80. The van der Waals surface area contributed by atoms with E-state index in [9.17, 15) is 0 Å². The molecule has 0 fully saturated rings. The third-order valence-electron chi connectivity index (χ3n) is 2.59. The lowest BCUT2D eigenvalue weighted by molar-refractivity contribution is 0.414. The van der Waals surface area contributed by atoms with Gasteiger partial charge in [-0.15, -0.1) is 0 Å². The molecule has 0 spiro atoms. The summed E-state index contributed by atoms with van der Waals surface area (Å²) in [7, 11) is 1.67. The summed E-state index contributed by atoms with van der Waals surface area (Å²) in [6, 6.07) is 13.6. The lowest BCUT2D eigenvalue weighted by atomic mass is 10.1. The van der Waals surface area contributed by atoms with Gasteiger partial charge < -0.3 is 10.1 Å². The standard InChI is InChI=1S/C14H15ClN2O/c1-18-12-7-5-11(6-8-12)9-10-16-14-4-2-3-13(15)17-14/h2-8H,9-10H2,1H3,(H,16,17). The largest absolute Gasteiger partial charge is 0.497 e. The van der Waals surface area contributed by atoms with Crippen molar-refractivity contribution >= 4 is 17.4 Å². The zero-order chi connectivity index (χ0) is 12.8. The summed E-state index contributed by atoms with van der Waals surface area (Å²) in [5, 5.41) is 3.74. The van der Waals surface area contributed by atoms with Gasteiger partial charge in [0.05, 0.1) is 7.11 Å². The van der Waals surface area contributed by atoms with E-state index in [0.29, 0.717) is 5.15 Å². The van der Waals surface area contributed by atoms with Crippen molar-refractivity contribution in [2.45, 2.75) is 6.42 Å². The van der Waals surface area contributed by atoms with Crippen LogP contribution in [0.2, 0.25) is 5.15 Å². The minimum absolute atomic E-state index is 0.504. The van der Waals surface area contributed by atoms with Crippen LogP contribution < -0.4 is 10.1 Å². The van der Waals surface area contributed by atoms with Crippen LogP contribution in [0.5, 0.6) is 5.75 Å². The molecule has 1 aromatic carbocycles. The Labute approximate surface area is 112 Å². The third kappa shape index (κ3) is 3.64.